The fraction of sp³-hybridized carbons (Fsp3) is 0.444. The van der Waals surface area contributed by atoms with E-state index in [1.807, 2.05) is 18.2 Å². The second kappa shape index (κ2) is 11.6. The van der Waals surface area contributed by atoms with Gasteiger partial charge >= 0.3 is 17.8 Å². The number of carboxylic acid groups (broad SMARTS) is 1. The molecule has 0 spiro atoms. The molecule has 3 N–H and O–H groups in total. The first-order valence-electron chi connectivity index (χ1n) is 12.7. The van der Waals surface area contributed by atoms with Crippen molar-refractivity contribution in [3.63, 3.8) is 0 Å². The van der Waals surface area contributed by atoms with Gasteiger partial charge in [0.25, 0.3) is 0 Å². The van der Waals surface area contributed by atoms with Crippen molar-refractivity contribution in [3.05, 3.63) is 70.4 Å². The number of hydrogen-bond donors (Lipinski definition) is 3. The summed E-state index contributed by atoms with van der Waals surface area (Å²) in [6.07, 6.45) is -2.51. The summed E-state index contributed by atoms with van der Waals surface area (Å²) in [6.45, 7) is 4.53. The highest BCUT2D eigenvalue weighted by molar-refractivity contribution is 5.83. The zero-order valence-corrected chi connectivity index (χ0v) is 21.2. The quantitative estimate of drug-likeness (QED) is 0.402. The van der Waals surface area contributed by atoms with Gasteiger partial charge < -0.3 is 20.3 Å². The van der Waals surface area contributed by atoms with Crippen LogP contribution in [0.15, 0.2) is 53.3 Å². The maximum Gasteiger partial charge on any atom is 0.490 e. The number of nitrogens with zero attached hydrogens (tertiary/aromatic N) is 2. The number of amides is 1. The van der Waals surface area contributed by atoms with E-state index in [4.69, 9.17) is 9.90 Å². The normalized spacial score (nSPS) is 20.6. The number of hydrogen-bond acceptors (Lipinski definition) is 4. The molecule has 0 radical (unpaired) electrons. The fourth-order valence-electron chi connectivity index (χ4n) is 5.17. The molecule has 1 aromatic heterocycles. The van der Waals surface area contributed by atoms with Crippen LogP contribution in [0.3, 0.4) is 0 Å². The summed E-state index contributed by atoms with van der Waals surface area (Å²) in [5.41, 5.74) is 1.91. The van der Waals surface area contributed by atoms with Crippen LogP contribution in [0.2, 0.25) is 0 Å². The Hall–Kier alpha value is -3.67. The molecule has 1 saturated carbocycles. The topological polar surface area (TPSA) is 107 Å². The maximum absolute atomic E-state index is 14.0. The molecular weight excluding hydrogens is 520 g/mol. The summed E-state index contributed by atoms with van der Waals surface area (Å²) in [7, 11) is 0. The number of para-hydroxylation sites is 1. The van der Waals surface area contributed by atoms with Gasteiger partial charge in [0.05, 0.1) is 5.52 Å². The molecule has 3 aromatic rings. The second-order valence-corrected chi connectivity index (χ2v) is 10.0. The van der Waals surface area contributed by atoms with Crippen LogP contribution in [0.4, 0.5) is 17.6 Å². The van der Waals surface area contributed by atoms with E-state index in [9.17, 15) is 27.2 Å². The van der Waals surface area contributed by atoms with Crippen LogP contribution in [0, 0.1) is 11.7 Å². The number of piperidine rings is 1. The van der Waals surface area contributed by atoms with E-state index in [-0.39, 0.29) is 35.1 Å². The van der Waals surface area contributed by atoms with Gasteiger partial charge in [0.2, 0.25) is 5.91 Å². The first-order chi connectivity index (χ1) is 18.5. The van der Waals surface area contributed by atoms with Crippen molar-refractivity contribution in [2.24, 2.45) is 5.92 Å². The first kappa shape index (κ1) is 28.3. The predicted octanol–water partition coefficient (Wildman–Crippen LogP) is 4.05. The van der Waals surface area contributed by atoms with E-state index in [1.54, 1.807) is 16.7 Å². The summed E-state index contributed by atoms with van der Waals surface area (Å²) in [4.78, 5) is 39.0. The molecule has 2 aliphatic rings. The largest absolute Gasteiger partial charge is 0.490 e. The van der Waals surface area contributed by atoms with Crippen LogP contribution in [0.1, 0.15) is 43.7 Å². The Bertz CT molecular complexity index is 1360. The van der Waals surface area contributed by atoms with Crippen LogP contribution < -0.4 is 11.0 Å². The van der Waals surface area contributed by atoms with Crippen molar-refractivity contribution in [1.29, 1.82) is 0 Å². The SMILES string of the molecule is C[C@@H](CN1CCC(n2c(=O)[nH]c3c(F)cccc32)CC1)NC(=O)[C@@H]1C[C@H]1c1ccccc1.O=C(O)C(F)(F)F. The molecule has 1 aliphatic heterocycles. The first-order valence-corrected chi connectivity index (χ1v) is 12.7. The number of likely N-dealkylation sites (tertiary alicyclic amines) is 1. The Morgan fingerprint density at radius 1 is 1.10 bits per heavy atom. The lowest BCUT2D eigenvalue weighted by atomic mass is 10.0. The van der Waals surface area contributed by atoms with Crippen LogP contribution in [0.25, 0.3) is 11.0 Å². The van der Waals surface area contributed by atoms with Gasteiger partial charge in [-0.05, 0) is 49.8 Å². The highest BCUT2D eigenvalue weighted by atomic mass is 19.4. The molecule has 1 amide bonds. The summed E-state index contributed by atoms with van der Waals surface area (Å²) < 4.78 is 47.5. The zero-order valence-electron chi connectivity index (χ0n) is 21.2. The van der Waals surface area contributed by atoms with Gasteiger partial charge in [-0.25, -0.2) is 14.0 Å². The van der Waals surface area contributed by atoms with Crippen molar-refractivity contribution in [2.75, 3.05) is 19.6 Å². The zero-order chi connectivity index (χ0) is 28.3. The molecule has 5 rings (SSSR count). The van der Waals surface area contributed by atoms with Gasteiger partial charge in [-0.15, -0.1) is 0 Å². The number of carbonyl (C=O) groups excluding carboxylic acids is 1. The Kier molecular flexibility index (Phi) is 8.43. The lowest BCUT2D eigenvalue weighted by Crippen LogP contribution is -2.45. The van der Waals surface area contributed by atoms with Gasteiger partial charge in [-0.3, -0.25) is 9.36 Å². The molecule has 1 saturated heterocycles. The monoisotopic (exact) mass is 550 g/mol. The van der Waals surface area contributed by atoms with Crippen molar-refractivity contribution < 1.29 is 32.3 Å². The Morgan fingerprint density at radius 2 is 1.74 bits per heavy atom. The number of aromatic amines is 1. The number of aliphatic carboxylic acids is 1. The van der Waals surface area contributed by atoms with E-state index < -0.39 is 18.0 Å². The highest BCUT2D eigenvalue weighted by Crippen LogP contribution is 2.47. The third-order valence-corrected chi connectivity index (χ3v) is 7.14. The smallest absolute Gasteiger partial charge is 0.475 e. The number of nitrogens with one attached hydrogen (secondary N) is 2. The number of carbonyl (C=O) groups is 2. The average Bonchev–Trinajstić information content (AvgIpc) is 3.62. The number of imidazole rings is 1. The van der Waals surface area contributed by atoms with E-state index in [1.165, 1.54) is 11.6 Å². The molecule has 2 heterocycles. The third-order valence-electron chi connectivity index (χ3n) is 7.14. The number of carboxylic acids is 1. The van der Waals surface area contributed by atoms with Gasteiger partial charge in [0.1, 0.15) is 11.3 Å². The number of benzene rings is 2. The summed E-state index contributed by atoms with van der Waals surface area (Å²) in [5, 5.41) is 10.3. The summed E-state index contributed by atoms with van der Waals surface area (Å²) in [6, 6.07) is 15.2. The minimum Gasteiger partial charge on any atom is -0.475 e. The van der Waals surface area contributed by atoms with Crippen molar-refractivity contribution in [1.82, 2.24) is 19.8 Å². The van der Waals surface area contributed by atoms with Gasteiger partial charge in [-0.2, -0.15) is 13.2 Å². The molecule has 12 heteroatoms. The van der Waals surface area contributed by atoms with Gasteiger partial charge in [0, 0.05) is 37.6 Å². The molecule has 0 unspecified atom stereocenters. The lowest BCUT2D eigenvalue weighted by molar-refractivity contribution is -0.192. The predicted molar refractivity (Wildman–Crippen MR) is 136 cm³/mol. The molecule has 3 atom stereocenters. The number of H-pyrrole nitrogens is 1. The van der Waals surface area contributed by atoms with Crippen molar-refractivity contribution in [3.8, 4) is 0 Å². The maximum atomic E-state index is 14.0. The Morgan fingerprint density at radius 3 is 2.36 bits per heavy atom. The van der Waals surface area contributed by atoms with E-state index in [2.05, 4.69) is 34.3 Å². The molecule has 39 heavy (non-hydrogen) atoms. The van der Waals surface area contributed by atoms with Crippen molar-refractivity contribution >= 4 is 22.9 Å². The lowest BCUT2D eigenvalue weighted by Gasteiger charge is -2.34. The Balaban J connectivity index is 0.000000448. The third kappa shape index (κ3) is 6.86. The van der Waals surface area contributed by atoms with Crippen LogP contribution in [-0.4, -0.2) is 63.3 Å². The minimum absolute atomic E-state index is 0.0530. The van der Waals surface area contributed by atoms with Gasteiger partial charge in [-0.1, -0.05) is 36.4 Å². The Labute approximate surface area is 221 Å². The number of rotatable bonds is 6. The number of halogens is 4. The average molecular weight is 551 g/mol. The van der Waals surface area contributed by atoms with Crippen LogP contribution in [0.5, 0.6) is 0 Å². The van der Waals surface area contributed by atoms with Gasteiger partial charge in [0.15, 0.2) is 0 Å². The fourth-order valence-corrected chi connectivity index (χ4v) is 5.17. The molecule has 8 nitrogen and oxygen atoms in total. The van der Waals surface area contributed by atoms with Crippen LogP contribution >= 0.6 is 0 Å². The minimum atomic E-state index is -5.08. The molecule has 210 valence electrons. The summed E-state index contributed by atoms with van der Waals surface area (Å²) >= 11 is 0. The molecule has 2 fully saturated rings. The second-order valence-electron chi connectivity index (χ2n) is 10.0. The van der Waals surface area contributed by atoms with Crippen LogP contribution in [-0.2, 0) is 9.59 Å². The van der Waals surface area contributed by atoms with E-state index in [0.717, 1.165) is 38.9 Å². The van der Waals surface area contributed by atoms with E-state index in [0.29, 0.717) is 11.4 Å². The molecule has 2 aromatic carbocycles. The standard InChI is InChI=1S/C25H29FN4O2.C2HF3O2/c1-16(27-24(31)20-14-19(20)17-6-3-2-4-7-17)15-29-12-10-18(11-13-29)30-22-9-5-8-21(26)23(22)28-25(30)32;3-2(4,5)1(6)7/h2-9,16,18-20H,10-15H2,1H3,(H,27,31)(H,28,32);(H,6,7)/t16-,19-,20+;/m0./s1. The van der Waals surface area contributed by atoms with E-state index >= 15 is 0 Å². The molecule has 0 bridgehead atoms. The number of fused-ring (bicyclic) bond motifs is 1. The number of aromatic nitrogens is 2. The highest BCUT2D eigenvalue weighted by Gasteiger charge is 2.44. The summed E-state index contributed by atoms with van der Waals surface area (Å²) in [5.74, 6) is -2.58. The van der Waals surface area contributed by atoms with Crippen molar-refractivity contribution in [2.45, 2.75) is 50.4 Å². The molecule has 1 aliphatic carbocycles. The number of alkyl halides is 3. The molecular formula is C27H30F4N4O4.